The van der Waals surface area contributed by atoms with Gasteiger partial charge in [-0.2, -0.15) is 0 Å². The number of oxime groups is 1. The summed E-state index contributed by atoms with van der Waals surface area (Å²) in [6, 6.07) is 16.5. The van der Waals surface area contributed by atoms with Crippen molar-refractivity contribution in [3.63, 3.8) is 0 Å². The van der Waals surface area contributed by atoms with E-state index in [1.54, 1.807) is 18.3 Å². The molecule has 2 aromatic carbocycles. The number of para-hydroxylation sites is 1. The van der Waals surface area contributed by atoms with Gasteiger partial charge in [-0.05, 0) is 64.4 Å². The zero-order valence-corrected chi connectivity index (χ0v) is 18.4. The molecule has 0 bridgehead atoms. The average Bonchev–Trinajstić information content (AvgIpc) is 3.07. The molecule has 0 saturated carbocycles. The molecule has 1 N–H and O–H groups in total. The molecule has 7 heteroatoms. The molecule has 0 aliphatic heterocycles. The molecule has 3 aromatic rings. The van der Waals surface area contributed by atoms with Gasteiger partial charge in [0.1, 0.15) is 17.5 Å². The van der Waals surface area contributed by atoms with Gasteiger partial charge >= 0.3 is 5.97 Å². The smallest absolute Gasteiger partial charge is 0.338 e. The standard InChI is InChI=1S/C24H27N3O4/c1-16-21(22(27-26-16)29-20-9-7-6-8-10-20)15-25-31-17(2)18-11-13-19(14-12-18)23(28)30-24(3,4)5/h6-15,17H,1-5H3,(H,26,27). The average molecular weight is 421 g/mol. The van der Waals surface area contributed by atoms with Crippen molar-refractivity contribution in [3.05, 3.63) is 77.0 Å². The number of carbonyl (C=O) groups is 1. The Kier molecular flexibility index (Phi) is 6.74. The third-order valence-electron chi connectivity index (χ3n) is 4.33. The molecule has 7 nitrogen and oxygen atoms in total. The second kappa shape index (κ2) is 9.47. The maximum atomic E-state index is 12.1. The highest BCUT2D eigenvalue weighted by Crippen LogP contribution is 2.24. The molecule has 31 heavy (non-hydrogen) atoms. The number of aromatic amines is 1. The van der Waals surface area contributed by atoms with Crippen LogP contribution in [0.4, 0.5) is 0 Å². The first-order valence-corrected chi connectivity index (χ1v) is 10.0. The molecule has 1 heterocycles. The van der Waals surface area contributed by atoms with Crippen molar-refractivity contribution >= 4 is 12.2 Å². The summed E-state index contributed by atoms with van der Waals surface area (Å²) >= 11 is 0. The molecule has 0 saturated heterocycles. The van der Waals surface area contributed by atoms with Crippen molar-refractivity contribution in [3.8, 4) is 11.6 Å². The summed E-state index contributed by atoms with van der Waals surface area (Å²) in [5.41, 5.74) is 2.36. The minimum absolute atomic E-state index is 0.311. The number of benzene rings is 2. The fraction of sp³-hybridized carbons (Fsp3) is 0.292. The van der Waals surface area contributed by atoms with E-state index in [2.05, 4.69) is 15.4 Å². The van der Waals surface area contributed by atoms with Crippen LogP contribution in [0.3, 0.4) is 0 Å². The highest BCUT2D eigenvalue weighted by atomic mass is 16.6. The Hall–Kier alpha value is -3.61. The number of H-pyrrole nitrogens is 1. The van der Waals surface area contributed by atoms with E-state index >= 15 is 0 Å². The quantitative estimate of drug-likeness (QED) is 0.306. The fourth-order valence-corrected chi connectivity index (χ4v) is 2.71. The number of nitrogens with one attached hydrogen (secondary N) is 1. The van der Waals surface area contributed by atoms with E-state index in [-0.39, 0.29) is 12.1 Å². The van der Waals surface area contributed by atoms with Crippen molar-refractivity contribution in [2.24, 2.45) is 5.16 Å². The third-order valence-corrected chi connectivity index (χ3v) is 4.33. The Balaban J connectivity index is 1.63. The predicted molar refractivity (Wildman–Crippen MR) is 119 cm³/mol. The minimum Gasteiger partial charge on any atom is -0.456 e. The molecule has 1 unspecified atom stereocenters. The molecule has 1 atom stereocenters. The Morgan fingerprint density at radius 1 is 1.10 bits per heavy atom. The molecular formula is C24H27N3O4. The van der Waals surface area contributed by atoms with Crippen LogP contribution in [0.15, 0.2) is 59.8 Å². The predicted octanol–water partition coefficient (Wildman–Crippen LogP) is 5.58. The molecule has 0 radical (unpaired) electrons. The van der Waals surface area contributed by atoms with Gasteiger partial charge < -0.3 is 14.3 Å². The Morgan fingerprint density at radius 3 is 2.42 bits per heavy atom. The topological polar surface area (TPSA) is 85.8 Å². The zero-order valence-electron chi connectivity index (χ0n) is 18.4. The van der Waals surface area contributed by atoms with Crippen molar-refractivity contribution in [2.45, 2.75) is 46.3 Å². The lowest BCUT2D eigenvalue weighted by molar-refractivity contribution is 0.00692. The largest absolute Gasteiger partial charge is 0.456 e. The lowest BCUT2D eigenvalue weighted by Gasteiger charge is -2.19. The van der Waals surface area contributed by atoms with Crippen LogP contribution in [-0.4, -0.2) is 28.0 Å². The number of carbonyl (C=O) groups excluding carboxylic acids is 1. The van der Waals surface area contributed by atoms with Gasteiger partial charge in [0.15, 0.2) is 0 Å². The lowest BCUT2D eigenvalue weighted by Crippen LogP contribution is -2.23. The molecule has 0 aliphatic rings. The molecule has 0 amide bonds. The van der Waals surface area contributed by atoms with Gasteiger partial charge in [0, 0.05) is 5.69 Å². The van der Waals surface area contributed by atoms with Crippen molar-refractivity contribution in [1.29, 1.82) is 0 Å². The first-order chi connectivity index (χ1) is 14.7. The van der Waals surface area contributed by atoms with Gasteiger partial charge in [0.05, 0.1) is 17.3 Å². The number of hydrogen-bond acceptors (Lipinski definition) is 6. The normalized spacial score (nSPS) is 12.5. The van der Waals surface area contributed by atoms with Crippen molar-refractivity contribution < 1.29 is 19.1 Å². The molecule has 1 aromatic heterocycles. The molecule has 0 spiro atoms. The Bertz CT molecular complexity index is 1030. The first kappa shape index (κ1) is 22.1. The Labute approximate surface area is 182 Å². The number of esters is 1. The third kappa shape index (κ3) is 6.18. The van der Waals surface area contributed by atoms with Gasteiger partial charge in [0.2, 0.25) is 5.88 Å². The van der Waals surface area contributed by atoms with E-state index in [1.165, 1.54) is 0 Å². The maximum Gasteiger partial charge on any atom is 0.338 e. The van der Waals surface area contributed by atoms with Crippen molar-refractivity contribution in [2.75, 3.05) is 0 Å². The van der Waals surface area contributed by atoms with Crippen LogP contribution in [0.25, 0.3) is 0 Å². The van der Waals surface area contributed by atoms with E-state index in [0.717, 1.165) is 11.3 Å². The summed E-state index contributed by atoms with van der Waals surface area (Å²) in [5.74, 6) is 0.750. The van der Waals surface area contributed by atoms with Crippen LogP contribution in [-0.2, 0) is 9.57 Å². The monoisotopic (exact) mass is 421 g/mol. The lowest BCUT2D eigenvalue weighted by atomic mass is 10.1. The summed E-state index contributed by atoms with van der Waals surface area (Å²) in [6.07, 6.45) is 1.26. The summed E-state index contributed by atoms with van der Waals surface area (Å²) in [4.78, 5) is 17.7. The van der Waals surface area contributed by atoms with Crippen LogP contribution in [0, 0.1) is 6.92 Å². The minimum atomic E-state index is -0.533. The molecule has 162 valence electrons. The maximum absolute atomic E-state index is 12.1. The zero-order chi connectivity index (χ0) is 22.4. The van der Waals surface area contributed by atoms with E-state index in [9.17, 15) is 4.79 Å². The first-order valence-electron chi connectivity index (χ1n) is 10.0. The van der Waals surface area contributed by atoms with Crippen LogP contribution in [0.5, 0.6) is 11.6 Å². The van der Waals surface area contributed by atoms with Crippen LogP contribution in [0.2, 0.25) is 0 Å². The Morgan fingerprint density at radius 2 is 1.77 bits per heavy atom. The summed E-state index contributed by atoms with van der Waals surface area (Å²) in [6.45, 7) is 9.27. The van der Waals surface area contributed by atoms with Gasteiger partial charge in [-0.1, -0.05) is 35.5 Å². The fourth-order valence-electron chi connectivity index (χ4n) is 2.71. The van der Waals surface area contributed by atoms with E-state index in [1.807, 2.05) is 77.1 Å². The highest BCUT2D eigenvalue weighted by Gasteiger charge is 2.18. The van der Waals surface area contributed by atoms with E-state index in [0.29, 0.717) is 22.8 Å². The number of nitrogens with zero attached hydrogens (tertiary/aromatic N) is 2. The molecule has 0 aliphatic carbocycles. The van der Waals surface area contributed by atoms with Crippen LogP contribution in [0.1, 0.15) is 61.0 Å². The number of aryl methyl sites for hydroxylation is 1. The van der Waals surface area contributed by atoms with E-state index < -0.39 is 5.60 Å². The number of aromatic nitrogens is 2. The molecule has 0 fully saturated rings. The summed E-state index contributed by atoms with van der Waals surface area (Å²) in [5, 5.41) is 11.2. The number of ether oxygens (including phenoxy) is 2. The van der Waals surface area contributed by atoms with E-state index in [4.69, 9.17) is 14.3 Å². The van der Waals surface area contributed by atoms with Gasteiger partial charge in [-0.3, -0.25) is 5.10 Å². The second-order valence-corrected chi connectivity index (χ2v) is 8.09. The van der Waals surface area contributed by atoms with Gasteiger partial charge in [-0.15, -0.1) is 5.10 Å². The summed E-state index contributed by atoms with van der Waals surface area (Å²) in [7, 11) is 0. The number of rotatable bonds is 7. The van der Waals surface area contributed by atoms with Gasteiger partial charge in [0.25, 0.3) is 0 Å². The molecular weight excluding hydrogens is 394 g/mol. The van der Waals surface area contributed by atoms with Crippen molar-refractivity contribution in [1.82, 2.24) is 10.2 Å². The molecule has 3 rings (SSSR count). The highest BCUT2D eigenvalue weighted by molar-refractivity contribution is 5.89. The summed E-state index contributed by atoms with van der Waals surface area (Å²) < 4.78 is 11.2. The van der Waals surface area contributed by atoms with Gasteiger partial charge in [-0.25, -0.2) is 4.79 Å². The SMILES string of the molecule is Cc1[nH]nc(Oc2ccccc2)c1C=NOC(C)c1ccc(C(=O)OC(C)(C)C)cc1. The van der Waals surface area contributed by atoms with Crippen LogP contribution >= 0.6 is 0 Å². The second-order valence-electron chi connectivity index (χ2n) is 8.09. The van der Waals surface area contributed by atoms with Crippen LogP contribution < -0.4 is 4.74 Å². The number of hydrogen-bond donors (Lipinski definition) is 1.